The van der Waals surface area contributed by atoms with Crippen LogP contribution in [0.15, 0.2) is 88.2 Å². The van der Waals surface area contributed by atoms with Crippen molar-refractivity contribution in [2.24, 2.45) is 0 Å². The fraction of sp³-hybridized carbons (Fsp3) is 0.154. The molecule has 2 aromatic heterocycles. The van der Waals surface area contributed by atoms with E-state index in [2.05, 4.69) is 10.4 Å². The van der Waals surface area contributed by atoms with Crippen LogP contribution in [0, 0.1) is 10.1 Å². The number of carbonyl (C=O) groups is 1. The highest BCUT2D eigenvalue weighted by Gasteiger charge is 2.41. The van der Waals surface area contributed by atoms with Gasteiger partial charge in [0.25, 0.3) is 11.2 Å². The second-order valence-electron chi connectivity index (χ2n) is 8.72. The van der Waals surface area contributed by atoms with Gasteiger partial charge in [-0.05, 0) is 35.6 Å². The molecule has 0 saturated heterocycles. The topological polar surface area (TPSA) is 110 Å². The van der Waals surface area contributed by atoms with Gasteiger partial charge in [-0.15, -0.1) is 11.3 Å². The molecule has 9 heteroatoms. The number of allylic oxidation sites excluding steroid dienone is 2. The third-order valence-electron chi connectivity index (χ3n) is 6.66. The number of H-pyrrole nitrogens is 1. The molecule has 0 amide bonds. The van der Waals surface area contributed by atoms with E-state index in [1.54, 1.807) is 23.5 Å². The Kier molecular flexibility index (Phi) is 5.00. The van der Waals surface area contributed by atoms with Crippen LogP contribution in [0.1, 0.15) is 40.7 Å². The van der Waals surface area contributed by atoms with E-state index in [1.807, 2.05) is 47.8 Å². The maximum atomic E-state index is 13.7. The smallest absolute Gasteiger partial charge is 0.277 e. The van der Waals surface area contributed by atoms with E-state index in [-0.39, 0.29) is 22.9 Å². The number of fused-ring (bicyclic) bond motifs is 1. The van der Waals surface area contributed by atoms with Gasteiger partial charge in [0.2, 0.25) is 0 Å². The Bertz CT molecular complexity index is 1550. The first-order valence-electron chi connectivity index (χ1n) is 11.2. The van der Waals surface area contributed by atoms with Crippen LogP contribution in [0.5, 0.6) is 0 Å². The van der Waals surface area contributed by atoms with E-state index in [0.29, 0.717) is 41.0 Å². The number of hydrogen-bond donors (Lipinski definition) is 2. The Morgan fingerprint density at radius 1 is 1.00 bits per heavy atom. The number of rotatable bonds is 4. The third-order valence-corrected chi connectivity index (χ3v) is 7.70. The van der Waals surface area contributed by atoms with Crippen molar-refractivity contribution in [3.05, 3.63) is 120 Å². The largest absolute Gasteiger partial charge is 0.343 e. The first-order valence-corrected chi connectivity index (χ1v) is 12.1. The highest BCUT2D eigenvalue weighted by Crippen LogP contribution is 2.47. The Labute approximate surface area is 203 Å². The Balaban J connectivity index is 1.55. The highest BCUT2D eigenvalue weighted by molar-refractivity contribution is 7.10. The molecule has 2 aliphatic rings. The van der Waals surface area contributed by atoms with Crippen molar-refractivity contribution in [3.8, 4) is 5.69 Å². The first kappa shape index (κ1) is 21.3. The third kappa shape index (κ3) is 3.52. The zero-order chi connectivity index (χ0) is 24.1. The molecule has 6 rings (SSSR count). The summed E-state index contributed by atoms with van der Waals surface area (Å²) in [6.07, 6.45) is 0.948. The van der Waals surface area contributed by atoms with Gasteiger partial charge in [-0.2, -0.15) is 0 Å². The number of Topliss-reactive ketones (excluding diaryl/α,β-unsaturated/α-hetero) is 1. The summed E-state index contributed by atoms with van der Waals surface area (Å²) in [6, 6.07) is 19.4. The number of hydrogen-bond acceptors (Lipinski definition) is 6. The molecule has 0 spiro atoms. The number of para-hydroxylation sites is 1. The molecule has 174 valence electrons. The maximum Gasteiger partial charge on any atom is 0.277 e. The molecule has 1 aliphatic heterocycles. The van der Waals surface area contributed by atoms with Crippen LogP contribution in [-0.2, 0) is 4.79 Å². The summed E-state index contributed by atoms with van der Waals surface area (Å²) in [7, 11) is 0. The van der Waals surface area contributed by atoms with E-state index >= 15 is 0 Å². The van der Waals surface area contributed by atoms with Crippen LogP contribution in [0.25, 0.3) is 5.69 Å². The van der Waals surface area contributed by atoms with E-state index < -0.39 is 10.8 Å². The molecule has 35 heavy (non-hydrogen) atoms. The Morgan fingerprint density at radius 2 is 1.83 bits per heavy atom. The van der Waals surface area contributed by atoms with Crippen molar-refractivity contribution in [1.82, 2.24) is 9.78 Å². The molecular weight excluding hydrogens is 464 g/mol. The minimum Gasteiger partial charge on any atom is -0.343 e. The van der Waals surface area contributed by atoms with Crippen LogP contribution in [-0.4, -0.2) is 20.5 Å². The lowest BCUT2D eigenvalue weighted by Gasteiger charge is -2.34. The van der Waals surface area contributed by atoms with Crippen LogP contribution in [0.4, 0.5) is 11.5 Å². The standard InChI is InChI=1S/C26H20N4O4S/c31-20-14-16(21-10-5-11-35-21)13-19-23(20)22(15-6-4-9-18(12-15)30(33)34)24-25(27-19)28-29(26(24)32)17-7-2-1-3-8-17/h1-12,16,22,27-28H,13-14H2/t16-,22-/m0/s1. The lowest BCUT2D eigenvalue weighted by Crippen LogP contribution is -2.31. The van der Waals surface area contributed by atoms with Crippen LogP contribution in [0.2, 0.25) is 0 Å². The quantitative estimate of drug-likeness (QED) is 0.310. The van der Waals surface area contributed by atoms with Gasteiger partial charge in [0.1, 0.15) is 5.82 Å². The van der Waals surface area contributed by atoms with Gasteiger partial charge in [-0.3, -0.25) is 24.8 Å². The highest BCUT2D eigenvalue weighted by atomic mass is 32.1. The maximum absolute atomic E-state index is 13.7. The van der Waals surface area contributed by atoms with Gasteiger partial charge in [0, 0.05) is 46.5 Å². The van der Waals surface area contributed by atoms with Crippen LogP contribution < -0.4 is 10.9 Å². The predicted molar refractivity (Wildman–Crippen MR) is 133 cm³/mol. The summed E-state index contributed by atoms with van der Waals surface area (Å²) in [5.41, 5.74) is 2.49. The first-order chi connectivity index (χ1) is 17.0. The number of ketones is 1. The van der Waals surface area contributed by atoms with Crippen molar-refractivity contribution in [2.45, 2.75) is 24.7 Å². The molecule has 0 saturated carbocycles. The van der Waals surface area contributed by atoms with Crippen molar-refractivity contribution in [2.75, 3.05) is 5.32 Å². The molecule has 0 bridgehead atoms. The zero-order valence-corrected chi connectivity index (χ0v) is 19.2. The molecule has 0 radical (unpaired) electrons. The molecule has 2 aromatic carbocycles. The summed E-state index contributed by atoms with van der Waals surface area (Å²) >= 11 is 1.62. The summed E-state index contributed by atoms with van der Waals surface area (Å²) in [5, 5.41) is 20.0. The van der Waals surface area contributed by atoms with E-state index in [1.165, 1.54) is 16.8 Å². The summed E-state index contributed by atoms with van der Waals surface area (Å²) in [4.78, 5) is 39.4. The Morgan fingerprint density at radius 3 is 2.57 bits per heavy atom. The van der Waals surface area contributed by atoms with Gasteiger partial charge in [-0.1, -0.05) is 36.4 Å². The summed E-state index contributed by atoms with van der Waals surface area (Å²) in [6.45, 7) is 0. The molecule has 2 N–H and O–H groups in total. The Hall–Kier alpha value is -4.24. The normalized spacial score (nSPS) is 19.1. The zero-order valence-electron chi connectivity index (χ0n) is 18.4. The van der Waals surface area contributed by atoms with Gasteiger partial charge < -0.3 is 5.32 Å². The second kappa shape index (κ2) is 8.21. The number of aromatic amines is 1. The number of nitrogens with zero attached hydrogens (tertiary/aromatic N) is 2. The van der Waals surface area contributed by atoms with Crippen molar-refractivity contribution in [3.63, 3.8) is 0 Å². The fourth-order valence-electron chi connectivity index (χ4n) is 5.13. The number of thiophene rings is 1. The van der Waals surface area contributed by atoms with E-state index in [9.17, 15) is 19.7 Å². The lowest BCUT2D eigenvalue weighted by atomic mass is 9.74. The minimum absolute atomic E-state index is 0.0454. The number of aromatic nitrogens is 2. The van der Waals surface area contributed by atoms with Crippen molar-refractivity contribution in [1.29, 1.82) is 0 Å². The van der Waals surface area contributed by atoms with Gasteiger partial charge in [0.15, 0.2) is 5.78 Å². The molecule has 0 unspecified atom stereocenters. The fourth-order valence-corrected chi connectivity index (χ4v) is 5.96. The number of anilines is 1. The van der Waals surface area contributed by atoms with E-state index in [4.69, 9.17) is 0 Å². The van der Waals surface area contributed by atoms with Gasteiger partial charge in [-0.25, -0.2) is 4.68 Å². The average Bonchev–Trinajstić information content (AvgIpc) is 3.52. The van der Waals surface area contributed by atoms with Crippen LogP contribution >= 0.6 is 11.3 Å². The van der Waals surface area contributed by atoms with Crippen molar-refractivity contribution >= 4 is 28.6 Å². The number of nitro groups is 1. The number of nitro benzene ring substituents is 1. The van der Waals surface area contributed by atoms with E-state index in [0.717, 1.165) is 10.6 Å². The predicted octanol–water partition coefficient (Wildman–Crippen LogP) is 5.09. The average molecular weight is 485 g/mol. The monoisotopic (exact) mass is 484 g/mol. The van der Waals surface area contributed by atoms with Gasteiger partial charge >= 0.3 is 0 Å². The lowest BCUT2D eigenvalue weighted by molar-refractivity contribution is -0.384. The van der Waals surface area contributed by atoms with Gasteiger partial charge in [0.05, 0.1) is 16.2 Å². The molecule has 2 atom stereocenters. The molecule has 8 nitrogen and oxygen atoms in total. The van der Waals surface area contributed by atoms with Crippen LogP contribution in [0.3, 0.4) is 0 Å². The SMILES string of the molecule is O=C1C[C@@H](c2cccs2)CC2=C1[C@H](c1cccc([N+](=O)[O-])c1)c1c([nH]n(-c3ccccc3)c1=O)N2. The number of benzene rings is 2. The number of carbonyl (C=O) groups excluding carboxylic acids is 1. The van der Waals surface area contributed by atoms with Crippen molar-refractivity contribution < 1.29 is 9.72 Å². The molecule has 3 heterocycles. The number of non-ortho nitro benzene ring substituents is 1. The second-order valence-corrected chi connectivity index (χ2v) is 9.70. The molecule has 4 aromatic rings. The number of nitrogens with one attached hydrogen (secondary N) is 2. The molecule has 1 aliphatic carbocycles. The minimum atomic E-state index is -0.702. The molecular formula is C26H20N4O4S. The summed E-state index contributed by atoms with van der Waals surface area (Å²) in [5.74, 6) is -0.199. The molecule has 0 fully saturated rings. The summed E-state index contributed by atoms with van der Waals surface area (Å²) < 4.78 is 1.45.